The van der Waals surface area contributed by atoms with E-state index in [0.29, 0.717) is 12.0 Å². The minimum atomic E-state index is -0.00516. The van der Waals surface area contributed by atoms with E-state index < -0.39 is 0 Å². The lowest BCUT2D eigenvalue weighted by Crippen LogP contribution is -2.31. The van der Waals surface area contributed by atoms with Crippen LogP contribution in [0.3, 0.4) is 0 Å². The number of aryl methyl sites for hydroxylation is 1. The van der Waals surface area contributed by atoms with E-state index in [0.717, 1.165) is 47.2 Å². The first-order valence-electron chi connectivity index (χ1n) is 7.14. The van der Waals surface area contributed by atoms with E-state index in [4.69, 9.17) is 21.1 Å². The molecule has 0 bridgehead atoms. The molecule has 20 heavy (non-hydrogen) atoms. The summed E-state index contributed by atoms with van der Waals surface area (Å²) in [6.07, 6.45) is 3.69. The fourth-order valence-electron chi connectivity index (χ4n) is 2.75. The Hall–Kier alpha value is -0.250. The van der Waals surface area contributed by atoms with Crippen LogP contribution >= 0.6 is 27.5 Å². The van der Waals surface area contributed by atoms with Crippen molar-refractivity contribution < 1.29 is 9.47 Å². The highest BCUT2D eigenvalue weighted by molar-refractivity contribution is 9.10. The topological polar surface area (TPSA) is 18.5 Å². The average molecular weight is 362 g/mol. The predicted molar refractivity (Wildman–Crippen MR) is 86.8 cm³/mol. The summed E-state index contributed by atoms with van der Waals surface area (Å²) < 4.78 is 12.1. The molecule has 0 amide bonds. The molecule has 0 N–H and O–H groups in total. The van der Waals surface area contributed by atoms with Crippen molar-refractivity contribution in [2.24, 2.45) is 5.92 Å². The Bertz CT molecular complexity index is 458. The SMILES string of the molecule is CCOC1CC(CC(Cl)c2cc(Br)c(C)cc2OC)C1. The van der Waals surface area contributed by atoms with Gasteiger partial charge in [-0.25, -0.2) is 0 Å². The first kappa shape index (κ1) is 16.1. The van der Waals surface area contributed by atoms with Gasteiger partial charge in [0, 0.05) is 16.6 Å². The molecule has 1 aliphatic carbocycles. The molecule has 0 saturated heterocycles. The fourth-order valence-corrected chi connectivity index (χ4v) is 3.53. The van der Waals surface area contributed by atoms with Crippen LogP contribution in [-0.2, 0) is 4.74 Å². The van der Waals surface area contributed by atoms with Crippen molar-refractivity contribution >= 4 is 27.5 Å². The molecule has 4 heteroatoms. The van der Waals surface area contributed by atoms with Gasteiger partial charge in [0.25, 0.3) is 0 Å². The van der Waals surface area contributed by atoms with Gasteiger partial charge in [0.1, 0.15) is 5.75 Å². The Morgan fingerprint density at radius 3 is 2.70 bits per heavy atom. The second-order valence-electron chi connectivity index (χ2n) is 5.46. The molecular formula is C16H22BrClO2. The molecule has 1 saturated carbocycles. The lowest BCUT2D eigenvalue weighted by atomic mass is 9.78. The maximum Gasteiger partial charge on any atom is 0.123 e. The van der Waals surface area contributed by atoms with Crippen LogP contribution in [0, 0.1) is 12.8 Å². The largest absolute Gasteiger partial charge is 0.496 e. The Morgan fingerprint density at radius 1 is 1.40 bits per heavy atom. The van der Waals surface area contributed by atoms with Gasteiger partial charge in [-0.05, 0) is 56.7 Å². The second-order valence-corrected chi connectivity index (χ2v) is 6.84. The number of rotatable bonds is 6. The quantitative estimate of drug-likeness (QED) is 0.644. The molecule has 2 rings (SSSR count). The van der Waals surface area contributed by atoms with E-state index >= 15 is 0 Å². The van der Waals surface area contributed by atoms with Gasteiger partial charge in [-0.3, -0.25) is 0 Å². The zero-order valence-electron chi connectivity index (χ0n) is 12.3. The maximum atomic E-state index is 6.61. The number of benzene rings is 1. The molecule has 1 aromatic carbocycles. The molecule has 1 fully saturated rings. The highest BCUT2D eigenvalue weighted by Crippen LogP contribution is 2.42. The van der Waals surface area contributed by atoms with E-state index in [2.05, 4.69) is 28.9 Å². The summed E-state index contributed by atoms with van der Waals surface area (Å²) in [6.45, 7) is 4.91. The van der Waals surface area contributed by atoms with E-state index in [1.165, 1.54) is 0 Å². The number of ether oxygens (including phenoxy) is 2. The smallest absolute Gasteiger partial charge is 0.123 e. The van der Waals surface area contributed by atoms with Crippen molar-refractivity contribution in [1.29, 1.82) is 0 Å². The standard InChI is InChI=1S/C16H22BrClO2/c1-4-20-12-6-11(7-12)8-15(18)13-9-14(17)10(2)5-16(13)19-3/h5,9,11-12,15H,4,6-8H2,1-3H3. The van der Waals surface area contributed by atoms with Gasteiger partial charge in [-0.1, -0.05) is 15.9 Å². The molecule has 1 aromatic rings. The van der Waals surface area contributed by atoms with Crippen LogP contribution in [0.25, 0.3) is 0 Å². The third-order valence-corrected chi connectivity index (χ3v) is 5.25. The van der Waals surface area contributed by atoms with Crippen LogP contribution in [-0.4, -0.2) is 19.8 Å². The van der Waals surface area contributed by atoms with Crippen LogP contribution in [0.5, 0.6) is 5.75 Å². The van der Waals surface area contributed by atoms with Crippen molar-refractivity contribution in [3.8, 4) is 5.75 Å². The zero-order valence-corrected chi connectivity index (χ0v) is 14.6. The van der Waals surface area contributed by atoms with Gasteiger partial charge < -0.3 is 9.47 Å². The van der Waals surface area contributed by atoms with Crippen LogP contribution in [0.15, 0.2) is 16.6 Å². The van der Waals surface area contributed by atoms with Crippen LogP contribution in [0.4, 0.5) is 0 Å². The normalized spacial score (nSPS) is 23.2. The lowest BCUT2D eigenvalue weighted by Gasteiger charge is -2.36. The van der Waals surface area contributed by atoms with E-state index in [-0.39, 0.29) is 5.38 Å². The van der Waals surface area contributed by atoms with Crippen molar-refractivity contribution in [1.82, 2.24) is 0 Å². The van der Waals surface area contributed by atoms with Crippen LogP contribution in [0.2, 0.25) is 0 Å². The first-order chi connectivity index (χ1) is 9.55. The van der Waals surface area contributed by atoms with Gasteiger partial charge >= 0.3 is 0 Å². The van der Waals surface area contributed by atoms with Crippen LogP contribution in [0.1, 0.15) is 42.7 Å². The molecule has 0 heterocycles. The predicted octanol–water partition coefficient (Wildman–Crippen LogP) is 5.25. The number of hydrogen-bond donors (Lipinski definition) is 0. The van der Waals surface area contributed by atoms with E-state index in [9.17, 15) is 0 Å². The van der Waals surface area contributed by atoms with E-state index in [1.54, 1.807) is 7.11 Å². The summed E-state index contributed by atoms with van der Waals surface area (Å²) >= 11 is 10.2. The van der Waals surface area contributed by atoms with Gasteiger partial charge in [0.2, 0.25) is 0 Å². The minimum absolute atomic E-state index is 0.00516. The van der Waals surface area contributed by atoms with Crippen LogP contribution < -0.4 is 4.74 Å². The summed E-state index contributed by atoms with van der Waals surface area (Å²) in [5, 5.41) is -0.00516. The molecule has 1 atom stereocenters. The second kappa shape index (κ2) is 7.15. The van der Waals surface area contributed by atoms with Gasteiger partial charge in [0.15, 0.2) is 0 Å². The molecular weight excluding hydrogens is 340 g/mol. The third-order valence-electron chi connectivity index (χ3n) is 3.98. The summed E-state index contributed by atoms with van der Waals surface area (Å²) in [4.78, 5) is 0. The maximum absolute atomic E-state index is 6.61. The Balaban J connectivity index is 1.99. The first-order valence-corrected chi connectivity index (χ1v) is 8.37. The molecule has 112 valence electrons. The molecule has 0 radical (unpaired) electrons. The fraction of sp³-hybridized carbons (Fsp3) is 0.625. The zero-order chi connectivity index (χ0) is 14.7. The number of halogens is 2. The number of hydrogen-bond acceptors (Lipinski definition) is 2. The minimum Gasteiger partial charge on any atom is -0.496 e. The van der Waals surface area contributed by atoms with Crippen molar-refractivity contribution in [3.05, 3.63) is 27.7 Å². The lowest BCUT2D eigenvalue weighted by molar-refractivity contribution is -0.0267. The molecule has 0 spiro atoms. The number of alkyl halides is 1. The summed E-state index contributed by atoms with van der Waals surface area (Å²) in [5.41, 5.74) is 2.24. The monoisotopic (exact) mass is 360 g/mol. The van der Waals surface area contributed by atoms with Gasteiger partial charge in [-0.2, -0.15) is 0 Å². The molecule has 1 aliphatic rings. The average Bonchev–Trinajstić information content (AvgIpc) is 2.38. The Labute approximate surface area is 134 Å². The van der Waals surface area contributed by atoms with Crippen molar-refractivity contribution in [3.63, 3.8) is 0 Å². The Morgan fingerprint density at radius 2 is 2.10 bits per heavy atom. The highest BCUT2D eigenvalue weighted by atomic mass is 79.9. The summed E-state index contributed by atoms with van der Waals surface area (Å²) in [5.74, 6) is 1.55. The highest BCUT2D eigenvalue weighted by Gasteiger charge is 2.32. The molecule has 0 aromatic heterocycles. The van der Waals surface area contributed by atoms with E-state index in [1.807, 2.05) is 13.0 Å². The summed E-state index contributed by atoms with van der Waals surface area (Å²) in [6, 6.07) is 4.13. The molecule has 2 nitrogen and oxygen atoms in total. The summed E-state index contributed by atoms with van der Waals surface area (Å²) in [7, 11) is 1.70. The van der Waals surface area contributed by atoms with Crippen molar-refractivity contribution in [2.45, 2.75) is 44.6 Å². The molecule has 1 unspecified atom stereocenters. The van der Waals surface area contributed by atoms with Crippen molar-refractivity contribution in [2.75, 3.05) is 13.7 Å². The Kier molecular flexibility index (Phi) is 5.76. The van der Waals surface area contributed by atoms with Gasteiger partial charge in [-0.15, -0.1) is 11.6 Å². The molecule has 0 aliphatic heterocycles. The third kappa shape index (κ3) is 3.69. The number of methoxy groups -OCH3 is 1. The van der Waals surface area contributed by atoms with Gasteiger partial charge in [0.05, 0.1) is 18.6 Å².